The fraction of sp³-hybridized carbons (Fsp3) is 0.105. The van der Waals surface area contributed by atoms with E-state index in [0.717, 1.165) is 0 Å². The molecule has 0 aliphatic heterocycles. The maximum Gasteiger partial charge on any atom is 0.258 e. The van der Waals surface area contributed by atoms with Gasteiger partial charge in [0.15, 0.2) is 0 Å². The Bertz CT molecular complexity index is 976. The molecule has 0 radical (unpaired) electrons. The van der Waals surface area contributed by atoms with E-state index >= 15 is 0 Å². The summed E-state index contributed by atoms with van der Waals surface area (Å²) in [5.41, 5.74) is 0.863. The number of amides is 2. The van der Waals surface area contributed by atoms with E-state index < -0.39 is 17.8 Å². The number of carbonyl (C=O) groups excluding carboxylic acids is 2. The van der Waals surface area contributed by atoms with Gasteiger partial charge in [-0.15, -0.1) is 0 Å². The summed E-state index contributed by atoms with van der Waals surface area (Å²) in [4.78, 5) is 24.6. The number of hydrogen-bond donors (Lipinski definition) is 2. The highest BCUT2D eigenvalue weighted by molar-refractivity contribution is 9.10. The maximum absolute atomic E-state index is 13.9. The Kier molecular flexibility index (Phi) is 5.66. The fourth-order valence-electron chi connectivity index (χ4n) is 2.42. The summed E-state index contributed by atoms with van der Waals surface area (Å²) >= 11 is 3.22. The van der Waals surface area contributed by atoms with Crippen molar-refractivity contribution in [3.63, 3.8) is 0 Å². The van der Waals surface area contributed by atoms with Crippen molar-refractivity contribution < 1.29 is 14.0 Å². The highest BCUT2D eigenvalue weighted by Crippen LogP contribution is 2.20. The van der Waals surface area contributed by atoms with Crippen molar-refractivity contribution in [2.45, 2.75) is 13.0 Å². The van der Waals surface area contributed by atoms with Crippen molar-refractivity contribution in [1.29, 1.82) is 0 Å². The van der Waals surface area contributed by atoms with E-state index in [2.05, 4.69) is 31.7 Å². The molecule has 0 fully saturated rings. The third-order valence-electron chi connectivity index (χ3n) is 3.86. The summed E-state index contributed by atoms with van der Waals surface area (Å²) in [6.45, 7) is 1.73. The predicted molar refractivity (Wildman–Crippen MR) is 104 cm³/mol. The van der Waals surface area contributed by atoms with Crippen LogP contribution in [0.3, 0.4) is 0 Å². The Morgan fingerprint density at radius 2 is 1.85 bits per heavy atom. The van der Waals surface area contributed by atoms with Crippen LogP contribution in [-0.2, 0) is 4.79 Å². The molecular formula is C19H16BrFN4O2. The Morgan fingerprint density at radius 1 is 1.11 bits per heavy atom. The van der Waals surface area contributed by atoms with Crippen LogP contribution in [0, 0.1) is 5.82 Å². The minimum atomic E-state index is -0.617. The molecule has 3 rings (SSSR count). The first-order chi connectivity index (χ1) is 12.9. The van der Waals surface area contributed by atoms with Gasteiger partial charge in [-0.05, 0) is 49.4 Å². The van der Waals surface area contributed by atoms with E-state index in [1.165, 1.54) is 22.9 Å². The Hall–Kier alpha value is -3.00. The second-order valence-corrected chi connectivity index (χ2v) is 6.73. The van der Waals surface area contributed by atoms with E-state index in [1.807, 2.05) is 0 Å². The zero-order chi connectivity index (χ0) is 19.4. The summed E-state index contributed by atoms with van der Waals surface area (Å²) in [7, 11) is 0. The molecule has 1 heterocycles. The molecule has 2 N–H and O–H groups in total. The van der Waals surface area contributed by atoms with Crippen LogP contribution in [0.2, 0.25) is 0 Å². The molecule has 0 bridgehead atoms. The number of rotatable bonds is 5. The summed E-state index contributed by atoms with van der Waals surface area (Å²) in [6, 6.07) is 12.0. The van der Waals surface area contributed by atoms with Gasteiger partial charge in [-0.3, -0.25) is 14.3 Å². The van der Waals surface area contributed by atoms with E-state index in [0.29, 0.717) is 15.8 Å². The van der Waals surface area contributed by atoms with Crippen LogP contribution in [0.4, 0.5) is 15.8 Å². The molecule has 0 saturated carbocycles. The first-order valence-electron chi connectivity index (χ1n) is 8.10. The molecule has 138 valence electrons. The van der Waals surface area contributed by atoms with Gasteiger partial charge in [-0.25, -0.2) is 4.39 Å². The van der Waals surface area contributed by atoms with E-state index in [9.17, 15) is 14.0 Å². The molecule has 0 aliphatic rings. The second-order valence-electron chi connectivity index (χ2n) is 5.81. The topological polar surface area (TPSA) is 76.0 Å². The molecule has 6 nitrogen and oxygen atoms in total. The number of anilines is 2. The lowest BCUT2D eigenvalue weighted by molar-refractivity contribution is -0.119. The monoisotopic (exact) mass is 430 g/mol. The van der Waals surface area contributed by atoms with Crippen LogP contribution in [0.1, 0.15) is 23.3 Å². The summed E-state index contributed by atoms with van der Waals surface area (Å²) in [6.07, 6.45) is 3.30. The molecule has 1 atom stereocenters. The number of nitrogens with one attached hydrogen (secondary N) is 2. The zero-order valence-corrected chi connectivity index (χ0v) is 15.9. The van der Waals surface area contributed by atoms with E-state index in [4.69, 9.17) is 0 Å². The summed E-state index contributed by atoms with van der Waals surface area (Å²) in [5, 5.41) is 9.44. The van der Waals surface area contributed by atoms with Gasteiger partial charge in [-0.2, -0.15) is 5.10 Å². The van der Waals surface area contributed by atoms with Crippen molar-refractivity contribution in [1.82, 2.24) is 9.78 Å². The third-order valence-corrected chi connectivity index (χ3v) is 4.36. The van der Waals surface area contributed by atoms with Crippen LogP contribution in [0.5, 0.6) is 0 Å². The smallest absolute Gasteiger partial charge is 0.258 e. The quantitative estimate of drug-likeness (QED) is 0.635. The maximum atomic E-state index is 13.9. The second kappa shape index (κ2) is 8.13. The fourth-order valence-corrected chi connectivity index (χ4v) is 2.78. The molecule has 27 heavy (non-hydrogen) atoms. The van der Waals surface area contributed by atoms with E-state index in [1.54, 1.807) is 49.6 Å². The van der Waals surface area contributed by atoms with Gasteiger partial charge >= 0.3 is 0 Å². The van der Waals surface area contributed by atoms with Gasteiger partial charge in [0.1, 0.15) is 11.9 Å². The zero-order valence-electron chi connectivity index (χ0n) is 14.3. The third kappa shape index (κ3) is 4.59. The molecule has 1 aromatic heterocycles. The van der Waals surface area contributed by atoms with Crippen LogP contribution < -0.4 is 10.6 Å². The lowest BCUT2D eigenvalue weighted by atomic mass is 10.2. The number of carbonyl (C=O) groups is 2. The predicted octanol–water partition coefficient (Wildman–Crippen LogP) is 4.24. The van der Waals surface area contributed by atoms with Crippen molar-refractivity contribution in [2.75, 3.05) is 10.6 Å². The average molecular weight is 431 g/mol. The number of nitrogens with zero attached hydrogens (tertiary/aromatic N) is 2. The Labute approximate surface area is 163 Å². The van der Waals surface area contributed by atoms with Crippen LogP contribution in [0.25, 0.3) is 0 Å². The van der Waals surface area contributed by atoms with Gasteiger partial charge in [0.25, 0.3) is 5.91 Å². The normalized spacial score (nSPS) is 11.7. The van der Waals surface area contributed by atoms with Crippen molar-refractivity contribution in [3.8, 4) is 0 Å². The molecule has 2 aromatic carbocycles. The average Bonchev–Trinajstić information content (AvgIpc) is 3.18. The van der Waals surface area contributed by atoms with Crippen LogP contribution >= 0.6 is 15.9 Å². The molecular weight excluding hydrogens is 415 g/mol. The van der Waals surface area contributed by atoms with E-state index in [-0.39, 0.29) is 11.5 Å². The standard InChI is InChI=1S/C19H16BrFN4O2/c1-12(25-9-3-8-22-25)18(26)23-14-4-2-5-15(11-14)24-19(27)16-10-13(20)6-7-17(16)21/h2-12H,1H3,(H,23,26)(H,24,27)/t12-/m0/s1. The molecule has 3 aromatic rings. The molecule has 0 aliphatic carbocycles. The van der Waals surface area contributed by atoms with Crippen LogP contribution in [-0.4, -0.2) is 21.6 Å². The minimum Gasteiger partial charge on any atom is -0.324 e. The van der Waals surface area contributed by atoms with Gasteiger partial charge in [0.2, 0.25) is 5.91 Å². The Balaban J connectivity index is 1.71. The molecule has 8 heteroatoms. The van der Waals surface area contributed by atoms with Crippen molar-refractivity contribution >= 4 is 39.1 Å². The highest BCUT2D eigenvalue weighted by Gasteiger charge is 2.16. The van der Waals surface area contributed by atoms with Gasteiger partial charge in [0.05, 0.1) is 5.56 Å². The first kappa shape index (κ1) is 18.8. The number of halogens is 2. The largest absolute Gasteiger partial charge is 0.324 e. The lowest BCUT2D eigenvalue weighted by Gasteiger charge is -2.13. The van der Waals surface area contributed by atoms with Crippen molar-refractivity contribution in [2.24, 2.45) is 0 Å². The van der Waals surface area contributed by atoms with Gasteiger partial charge in [-0.1, -0.05) is 22.0 Å². The van der Waals surface area contributed by atoms with Gasteiger partial charge < -0.3 is 10.6 Å². The highest BCUT2D eigenvalue weighted by atomic mass is 79.9. The van der Waals surface area contributed by atoms with Crippen molar-refractivity contribution in [3.05, 3.63) is 76.8 Å². The number of hydrogen-bond acceptors (Lipinski definition) is 3. The SMILES string of the molecule is C[C@@H](C(=O)Nc1cccc(NC(=O)c2cc(Br)ccc2F)c1)n1cccn1. The number of aromatic nitrogens is 2. The van der Waals surface area contributed by atoms with Crippen LogP contribution in [0.15, 0.2) is 65.4 Å². The molecule has 2 amide bonds. The summed E-state index contributed by atoms with van der Waals surface area (Å²) < 4.78 is 16.0. The minimum absolute atomic E-state index is 0.0777. The molecule has 0 unspecified atom stereocenters. The first-order valence-corrected chi connectivity index (χ1v) is 8.90. The Morgan fingerprint density at radius 3 is 2.56 bits per heavy atom. The summed E-state index contributed by atoms with van der Waals surface area (Å²) in [5.74, 6) is -1.45. The lowest BCUT2D eigenvalue weighted by Crippen LogP contribution is -2.24. The molecule has 0 spiro atoms. The number of benzene rings is 2. The van der Waals surface area contributed by atoms with Gasteiger partial charge in [0, 0.05) is 28.2 Å². The molecule has 0 saturated heterocycles.